The fourth-order valence-electron chi connectivity index (χ4n) is 2.12. The van der Waals surface area contributed by atoms with Crippen molar-refractivity contribution in [3.8, 4) is 6.07 Å². The monoisotopic (exact) mass is 307 g/mol. The molecule has 1 heterocycles. The highest BCUT2D eigenvalue weighted by Crippen LogP contribution is 2.14. The molecular weight excluding hydrogens is 289 g/mol. The van der Waals surface area contributed by atoms with Crippen LogP contribution in [0.2, 0.25) is 0 Å². The van der Waals surface area contributed by atoms with Gasteiger partial charge in [0.1, 0.15) is 12.4 Å². The van der Waals surface area contributed by atoms with Gasteiger partial charge in [0, 0.05) is 12.2 Å². The Bertz CT molecular complexity index is 564. The van der Waals surface area contributed by atoms with E-state index in [1.807, 2.05) is 6.07 Å². The smallest absolute Gasteiger partial charge is 0.335 e. The normalized spacial score (nSPS) is 18.7. The molecule has 0 amide bonds. The molecule has 1 saturated heterocycles. The molecule has 1 aliphatic rings. The molecule has 6 heteroatoms. The SMILES string of the molecule is CC(OCC1CCCO1)C(=O)OCc1cc(C#N)ccc1F. The number of nitrogens with zero attached hydrogens (tertiary/aromatic N) is 1. The number of nitriles is 1. The van der Waals surface area contributed by atoms with E-state index in [0.717, 1.165) is 19.4 Å². The van der Waals surface area contributed by atoms with E-state index in [4.69, 9.17) is 19.5 Å². The quantitative estimate of drug-likeness (QED) is 0.754. The second-order valence-corrected chi connectivity index (χ2v) is 5.14. The van der Waals surface area contributed by atoms with E-state index in [-0.39, 0.29) is 18.3 Å². The molecule has 0 N–H and O–H groups in total. The van der Waals surface area contributed by atoms with E-state index in [1.54, 1.807) is 6.92 Å². The van der Waals surface area contributed by atoms with Gasteiger partial charge in [-0.05, 0) is 38.0 Å². The number of rotatable bonds is 6. The van der Waals surface area contributed by atoms with Gasteiger partial charge in [-0.15, -0.1) is 0 Å². The molecule has 0 radical (unpaired) electrons. The number of esters is 1. The summed E-state index contributed by atoms with van der Waals surface area (Å²) in [6, 6.07) is 5.82. The number of benzene rings is 1. The molecule has 22 heavy (non-hydrogen) atoms. The third kappa shape index (κ3) is 4.52. The van der Waals surface area contributed by atoms with Gasteiger partial charge in [0.25, 0.3) is 0 Å². The lowest BCUT2D eigenvalue weighted by Crippen LogP contribution is -2.27. The van der Waals surface area contributed by atoms with E-state index in [2.05, 4.69) is 0 Å². The Morgan fingerprint density at radius 2 is 2.41 bits per heavy atom. The first kappa shape index (κ1) is 16.4. The zero-order valence-electron chi connectivity index (χ0n) is 12.4. The Morgan fingerprint density at radius 3 is 3.09 bits per heavy atom. The molecule has 0 spiro atoms. The standard InChI is InChI=1S/C16H18FNO4/c1-11(21-10-14-3-2-6-20-14)16(19)22-9-13-7-12(8-18)4-5-15(13)17/h4-5,7,11,14H,2-3,6,9-10H2,1H3. The summed E-state index contributed by atoms with van der Waals surface area (Å²) in [5.74, 6) is -1.08. The summed E-state index contributed by atoms with van der Waals surface area (Å²) in [6.45, 7) is 2.42. The summed E-state index contributed by atoms with van der Waals surface area (Å²) in [4.78, 5) is 11.8. The van der Waals surface area contributed by atoms with Crippen LogP contribution < -0.4 is 0 Å². The molecule has 1 aromatic carbocycles. The third-order valence-corrected chi connectivity index (χ3v) is 3.43. The Morgan fingerprint density at radius 1 is 1.59 bits per heavy atom. The predicted molar refractivity (Wildman–Crippen MR) is 75.3 cm³/mol. The molecule has 1 aromatic rings. The molecular formula is C16H18FNO4. The molecule has 2 rings (SSSR count). The lowest BCUT2D eigenvalue weighted by atomic mass is 10.1. The van der Waals surface area contributed by atoms with Gasteiger partial charge < -0.3 is 14.2 Å². The lowest BCUT2D eigenvalue weighted by Gasteiger charge is -2.15. The summed E-state index contributed by atoms with van der Waals surface area (Å²) >= 11 is 0. The highest BCUT2D eigenvalue weighted by Gasteiger charge is 2.21. The van der Waals surface area contributed by atoms with Crippen LogP contribution in [0.15, 0.2) is 18.2 Å². The van der Waals surface area contributed by atoms with E-state index < -0.39 is 17.9 Å². The van der Waals surface area contributed by atoms with Gasteiger partial charge in [-0.3, -0.25) is 0 Å². The molecule has 0 bridgehead atoms. The summed E-state index contributed by atoms with van der Waals surface area (Å²) < 4.78 is 29.4. The first-order valence-electron chi connectivity index (χ1n) is 7.18. The lowest BCUT2D eigenvalue weighted by molar-refractivity contribution is -0.159. The van der Waals surface area contributed by atoms with Crippen LogP contribution in [0.1, 0.15) is 30.9 Å². The number of halogens is 1. The predicted octanol–water partition coefficient (Wildman–Crippen LogP) is 2.32. The summed E-state index contributed by atoms with van der Waals surface area (Å²) in [6.07, 6.45) is 1.21. The topological polar surface area (TPSA) is 68.6 Å². The number of carbonyl (C=O) groups is 1. The van der Waals surface area contributed by atoms with Crippen molar-refractivity contribution in [3.05, 3.63) is 35.1 Å². The third-order valence-electron chi connectivity index (χ3n) is 3.43. The molecule has 5 nitrogen and oxygen atoms in total. The van der Waals surface area contributed by atoms with Crippen molar-refractivity contribution in [1.29, 1.82) is 5.26 Å². The van der Waals surface area contributed by atoms with Crippen LogP contribution in [0.4, 0.5) is 4.39 Å². The van der Waals surface area contributed by atoms with Gasteiger partial charge in [-0.25, -0.2) is 9.18 Å². The fourth-order valence-corrected chi connectivity index (χ4v) is 2.12. The highest BCUT2D eigenvalue weighted by molar-refractivity contribution is 5.74. The Kier molecular flexibility index (Phi) is 5.87. The second kappa shape index (κ2) is 7.87. The molecule has 2 atom stereocenters. The summed E-state index contributed by atoms with van der Waals surface area (Å²) in [7, 11) is 0. The maximum Gasteiger partial charge on any atom is 0.335 e. The van der Waals surface area contributed by atoms with Gasteiger partial charge in [0.05, 0.1) is 24.3 Å². The first-order chi connectivity index (χ1) is 10.6. The van der Waals surface area contributed by atoms with Crippen molar-refractivity contribution in [1.82, 2.24) is 0 Å². The minimum Gasteiger partial charge on any atom is -0.459 e. The minimum atomic E-state index is -0.744. The minimum absolute atomic E-state index is 0.0278. The number of ether oxygens (including phenoxy) is 3. The van der Waals surface area contributed by atoms with Crippen LogP contribution in [0, 0.1) is 17.1 Å². The zero-order valence-corrected chi connectivity index (χ0v) is 12.4. The Balaban J connectivity index is 1.80. The van der Waals surface area contributed by atoms with Crippen LogP contribution in [0.3, 0.4) is 0 Å². The van der Waals surface area contributed by atoms with Crippen LogP contribution in [-0.2, 0) is 25.6 Å². The van der Waals surface area contributed by atoms with E-state index >= 15 is 0 Å². The van der Waals surface area contributed by atoms with Gasteiger partial charge in [-0.2, -0.15) is 5.26 Å². The van der Waals surface area contributed by atoms with Gasteiger partial charge in [-0.1, -0.05) is 0 Å². The maximum absolute atomic E-state index is 13.6. The van der Waals surface area contributed by atoms with E-state index in [1.165, 1.54) is 18.2 Å². The highest BCUT2D eigenvalue weighted by atomic mass is 19.1. The molecule has 118 valence electrons. The largest absolute Gasteiger partial charge is 0.459 e. The van der Waals surface area contributed by atoms with Crippen LogP contribution in [-0.4, -0.2) is 31.4 Å². The van der Waals surface area contributed by atoms with Crippen molar-refractivity contribution < 1.29 is 23.4 Å². The summed E-state index contributed by atoms with van der Waals surface area (Å²) in [5, 5.41) is 8.78. The van der Waals surface area contributed by atoms with E-state index in [0.29, 0.717) is 12.2 Å². The molecule has 1 fully saturated rings. The van der Waals surface area contributed by atoms with Crippen LogP contribution >= 0.6 is 0 Å². The first-order valence-corrected chi connectivity index (χ1v) is 7.18. The van der Waals surface area contributed by atoms with Crippen molar-refractivity contribution in [2.45, 2.75) is 38.6 Å². The average Bonchev–Trinajstić information content (AvgIpc) is 3.04. The molecule has 0 aliphatic carbocycles. The van der Waals surface area contributed by atoms with Crippen LogP contribution in [0.25, 0.3) is 0 Å². The molecule has 2 unspecified atom stereocenters. The number of hydrogen-bond acceptors (Lipinski definition) is 5. The molecule has 0 aromatic heterocycles. The Labute approximate surface area is 128 Å². The van der Waals surface area contributed by atoms with Gasteiger partial charge >= 0.3 is 5.97 Å². The van der Waals surface area contributed by atoms with Gasteiger partial charge in [0.2, 0.25) is 0 Å². The Hall–Kier alpha value is -1.97. The van der Waals surface area contributed by atoms with Crippen molar-refractivity contribution in [2.75, 3.05) is 13.2 Å². The van der Waals surface area contributed by atoms with Crippen LogP contribution in [0.5, 0.6) is 0 Å². The van der Waals surface area contributed by atoms with Crippen molar-refractivity contribution in [2.24, 2.45) is 0 Å². The zero-order chi connectivity index (χ0) is 15.9. The molecule has 0 saturated carbocycles. The summed E-state index contributed by atoms with van der Waals surface area (Å²) in [5.41, 5.74) is 0.480. The van der Waals surface area contributed by atoms with E-state index in [9.17, 15) is 9.18 Å². The van der Waals surface area contributed by atoms with Crippen molar-refractivity contribution >= 4 is 5.97 Å². The van der Waals surface area contributed by atoms with Gasteiger partial charge in [0.15, 0.2) is 6.10 Å². The number of hydrogen-bond donors (Lipinski definition) is 0. The number of carbonyl (C=O) groups excluding carboxylic acids is 1. The average molecular weight is 307 g/mol. The molecule has 1 aliphatic heterocycles. The second-order valence-electron chi connectivity index (χ2n) is 5.14. The maximum atomic E-state index is 13.6. The van der Waals surface area contributed by atoms with Crippen molar-refractivity contribution in [3.63, 3.8) is 0 Å². The fraction of sp³-hybridized carbons (Fsp3) is 0.500.